The van der Waals surface area contributed by atoms with Crippen LogP contribution in [0.5, 0.6) is 11.6 Å². The van der Waals surface area contributed by atoms with E-state index in [-0.39, 0.29) is 34.0 Å². The molecule has 0 amide bonds. The quantitative estimate of drug-likeness (QED) is 0.335. The van der Waals surface area contributed by atoms with E-state index in [0.29, 0.717) is 26.2 Å². The van der Waals surface area contributed by atoms with Crippen LogP contribution in [0.4, 0.5) is 21.7 Å². The van der Waals surface area contributed by atoms with Gasteiger partial charge in [0.2, 0.25) is 5.82 Å². The summed E-state index contributed by atoms with van der Waals surface area (Å²) < 4.78 is 19.9. The summed E-state index contributed by atoms with van der Waals surface area (Å²) in [4.78, 5) is 32.1. The van der Waals surface area contributed by atoms with E-state index < -0.39 is 10.7 Å². The maximum absolute atomic E-state index is 14.1. The predicted octanol–water partition coefficient (Wildman–Crippen LogP) is 3.59. The SMILES string of the molecule is O=[N+]([O-])c1c(Oc2ccc(F)c3cccnc23)ncnc1N1CCN(c2ccccn2)CC1. The van der Waals surface area contributed by atoms with Gasteiger partial charge in [-0.3, -0.25) is 15.1 Å². The van der Waals surface area contributed by atoms with E-state index in [1.54, 1.807) is 18.3 Å². The lowest BCUT2D eigenvalue weighted by molar-refractivity contribution is -0.385. The fourth-order valence-electron chi connectivity index (χ4n) is 3.81. The molecule has 0 saturated carbocycles. The fourth-order valence-corrected chi connectivity index (χ4v) is 3.81. The molecule has 1 saturated heterocycles. The Morgan fingerprint density at radius 3 is 2.45 bits per heavy atom. The second-order valence-corrected chi connectivity index (χ2v) is 7.32. The summed E-state index contributed by atoms with van der Waals surface area (Å²) in [5.41, 5.74) is -0.104. The van der Waals surface area contributed by atoms with Crippen molar-refractivity contribution in [2.45, 2.75) is 0 Å². The number of piperazine rings is 1. The van der Waals surface area contributed by atoms with E-state index in [2.05, 4.69) is 24.8 Å². The number of hydrogen-bond donors (Lipinski definition) is 0. The summed E-state index contributed by atoms with van der Waals surface area (Å²) in [6.45, 7) is 2.27. The molecule has 4 aromatic rings. The first-order valence-electron chi connectivity index (χ1n) is 10.2. The molecule has 1 aliphatic heterocycles. The van der Waals surface area contributed by atoms with E-state index in [1.807, 2.05) is 23.1 Å². The van der Waals surface area contributed by atoms with E-state index in [0.717, 1.165) is 5.82 Å². The van der Waals surface area contributed by atoms with Crippen molar-refractivity contribution in [2.75, 3.05) is 36.0 Å². The normalized spacial score (nSPS) is 13.8. The van der Waals surface area contributed by atoms with Gasteiger partial charge in [0.05, 0.1) is 4.92 Å². The average molecular weight is 447 g/mol. The Bertz CT molecular complexity index is 1310. The molecule has 0 aliphatic carbocycles. The lowest BCUT2D eigenvalue weighted by Gasteiger charge is -2.35. The largest absolute Gasteiger partial charge is 0.431 e. The molecule has 1 aromatic carbocycles. The second-order valence-electron chi connectivity index (χ2n) is 7.32. The highest BCUT2D eigenvalue weighted by Crippen LogP contribution is 2.38. The number of nitrogens with zero attached hydrogens (tertiary/aromatic N) is 7. The zero-order valence-electron chi connectivity index (χ0n) is 17.3. The Labute approximate surface area is 187 Å². The number of rotatable bonds is 5. The van der Waals surface area contributed by atoms with E-state index in [4.69, 9.17) is 4.74 Å². The van der Waals surface area contributed by atoms with Gasteiger partial charge >= 0.3 is 11.6 Å². The van der Waals surface area contributed by atoms with Crippen molar-refractivity contribution in [3.05, 3.63) is 77.1 Å². The first-order chi connectivity index (χ1) is 16.1. The van der Waals surface area contributed by atoms with E-state index >= 15 is 0 Å². The number of nitro groups is 1. The number of aromatic nitrogens is 4. The highest BCUT2D eigenvalue weighted by molar-refractivity contribution is 5.85. The number of anilines is 2. The van der Waals surface area contributed by atoms with E-state index in [1.165, 1.54) is 24.7 Å². The summed E-state index contributed by atoms with van der Waals surface area (Å²) in [5.74, 6) is 0.503. The first kappa shape index (κ1) is 20.5. The van der Waals surface area contributed by atoms with Crippen molar-refractivity contribution in [1.82, 2.24) is 19.9 Å². The van der Waals surface area contributed by atoms with Gasteiger partial charge in [-0.25, -0.2) is 14.4 Å². The van der Waals surface area contributed by atoms with Crippen molar-refractivity contribution in [3.8, 4) is 11.6 Å². The molecular formula is C22H18FN7O3. The summed E-state index contributed by atoms with van der Waals surface area (Å²) in [7, 11) is 0. The third-order valence-electron chi connectivity index (χ3n) is 5.39. The molecule has 11 heteroatoms. The van der Waals surface area contributed by atoms with Gasteiger partial charge in [0.25, 0.3) is 0 Å². The Hall–Kier alpha value is -4.41. The first-order valence-corrected chi connectivity index (χ1v) is 10.2. The topological polar surface area (TPSA) is 110 Å². The molecular weight excluding hydrogens is 429 g/mol. The minimum absolute atomic E-state index is 0.166. The van der Waals surface area contributed by atoms with Crippen molar-refractivity contribution in [3.63, 3.8) is 0 Å². The second kappa shape index (κ2) is 8.61. The Kier molecular flexibility index (Phi) is 5.35. The molecule has 1 fully saturated rings. The number of hydrogen-bond acceptors (Lipinski definition) is 9. The highest BCUT2D eigenvalue weighted by atomic mass is 19.1. The molecule has 33 heavy (non-hydrogen) atoms. The van der Waals surface area contributed by atoms with Crippen LogP contribution >= 0.6 is 0 Å². The maximum atomic E-state index is 14.1. The van der Waals surface area contributed by atoms with Gasteiger partial charge in [0.15, 0.2) is 5.75 Å². The summed E-state index contributed by atoms with van der Waals surface area (Å²) in [5, 5.41) is 12.2. The zero-order chi connectivity index (χ0) is 22.8. The third-order valence-corrected chi connectivity index (χ3v) is 5.39. The zero-order valence-corrected chi connectivity index (χ0v) is 17.3. The van der Waals surface area contributed by atoms with Gasteiger partial charge in [0.1, 0.15) is 23.5 Å². The molecule has 5 rings (SSSR count). The molecule has 0 bridgehead atoms. The van der Waals surface area contributed by atoms with Crippen LogP contribution in [0.2, 0.25) is 0 Å². The van der Waals surface area contributed by atoms with Crippen LogP contribution in [0.25, 0.3) is 10.9 Å². The molecule has 4 heterocycles. The molecule has 0 unspecified atom stereocenters. The summed E-state index contributed by atoms with van der Waals surface area (Å²) >= 11 is 0. The van der Waals surface area contributed by atoms with Gasteiger partial charge < -0.3 is 14.5 Å². The van der Waals surface area contributed by atoms with Gasteiger partial charge in [-0.05, 0) is 36.4 Å². The van der Waals surface area contributed by atoms with Crippen LogP contribution < -0.4 is 14.5 Å². The molecule has 0 radical (unpaired) electrons. The predicted molar refractivity (Wildman–Crippen MR) is 119 cm³/mol. The smallest absolute Gasteiger partial charge is 0.373 e. The van der Waals surface area contributed by atoms with Crippen LogP contribution in [0.1, 0.15) is 0 Å². The van der Waals surface area contributed by atoms with Crippen LogP contribution in [0.3, 0.4) is 0 Å². The van der Waals surface area contributed by atoms with Crippen molar-refractivity contribution in [2.24, 2.45) is 0 Å². The van der Waals surface area contributed by atoms with Gasteiger partial charge in [-0.1, -0.05) is 6.07 Å². The van der Waals surface area contributed by atoms with Gasteiger partial charge in [-0.15, -0.1) is 0 Å². The minimum Gasteiger partial charge on any atom is -0.431 e. The molecule has 166 valence electrons. The number of halogens is 1. The van der Waals surface area contributed by atoms with Crippen LogP contribution in [-0.4, -0.2) is 51.0 Å². The summed E-state index contributed by atoms with van der Waals surface area (Å²) in [6.07, 6.45) is 4.45. The molecule has 1 aliphatic rings. The van der Waals surface area contributed by atoms with Crippen LogP contribution in [0.15, 0.2) is 61.2 Å². The van der Waals surface area contributed by atoms with Crippen molar-refractivity contribution < 1.29 is 14.1 Å². The third kappa shape index (κ3) is 3.95. The lowest BCUT2D eigenvalue weighted by Crippen LogP contribution is -2.47. The monoisotopic (exact) mass is 447 g/mol. The Balaban J connectivity index is 1.45. The van der Waals surface area contributed by atoms with Crippen molar-refractivity contribution in [1.29, 1.82) is 0 Å². The molecule has 0 N–H and O–H groups in total. The number of benzene rings is 1. The Morgan fingerprint density at radius 2 is 1.70 bits per heavy atom. The number of pyridine rings is 2. The lowest BCUT2D eigenvalue weighted by atomic mass is 10.2. The average Bonchev–Trinajstić information content (AvgIpc) is 2.86. The number of fused-ring (bicyclic) bond motifs is 1. The van der Waals surface area contributed by atoms with Gasteiger partial charge in [0, 0.05) is 44.0 Å². The summed E-state index contributed by atoms with van der Waals surface area (Å²) in [6, 6.07) is 11.5. The number of ether oxygens (including phenoxy) is 1. The van der Waals surface area contributed by atoms with Crippen LogP contribution in [-0.2, 0) is 0 Å². The molecule has 0 atom stereocenters. The maximum Gasteiger partial charge on any atom is 0.373 e. The fraction of sp³-hybridized carbons (Fsp3) is 0.182. The molecule has 3 aromatic heterocycles. The Morgan fingerprint density at radius 1 is 0.909 bits per heavy atom. The van der Waals surface area contributed by atoms with Crippen LogP contribution in [0, 0.1) is 15.9 Å². The van der Waals surface area contributed by atoms with E-state index in [9.17, 15) is 14.5 Å². The van der Waals surface area contributed by atoms with Crippen molar-refractivity contribution >= 4 is 28.2 Å². The standard InChI is InChI=1S/C22H18FN7O3/c23-16-6-7-17(19-15(16)4-3-9-25-19)33-22-20(30(31)32)21(26-14-27-22)29-12-10-28(11-13-29)18-5-1-2-8-24-18/h1-9,14H,10-13H2. The minimum atomic E-state index is -0.561. The molecule has 0 spiro atoms. The highest BCUT2D eigenvalue weighted by Gasteiger charge is 2.31. The molecule has 10 nitrogen and oxygen atoms in total. The van der Waals surface area contributed by atoms with Gasteiger partial charge in [-0.2, -0.15) is 4.98 Å².